The number of carbonyl (C=O) groups is 1. The van der Waals surface area contributed by atoms with E-state index in [1.54, 1.807) is 13.0 Å². The van der Waals surface area contributed by atoms with Crippen molar-refractivity contribution in [2.75, 3.05) is 13.1 Å². The van der Waals surface area contributed by atoms with Crippen LogP contribution in [0.2, 0.25) is 0 Å². The minimum absolute atomic E-state index is 0.0141. The van der Waals surface area contributed by atoms with E-state index in [1.807, 2.05) is 13.8 Å². The van der Waals surface area contributed by atoms with Gasteiger partial charge in [0.15, 0.2) is 0 Å². The molecule has 1 aromatic carbocycles. The van der Waals surface area contributed by atoms with Crippen molar-refractivity contribution in [1.82, 2.24) is 9.46 Å². The zero-order valence-corrected chi connectivity index (χ0v) is 16.2. The Labute approximate surface area is 158 Å². The van der Waals surface area contributed by atoms with Crippen LogP contribution in [-0.4, -0.2) is 49.1 Å². The van der Waals surface area contributed by atoms with Crippen molar-refractivity contribution >= 4 is 16.0 Å². The average Bonchev–Trinajstić information content (AvgIpc) is 3.04. The maximum atomic E-state index is 12.8. The van der Waals surface area contributed by atoms with E-state index in [0.29, 0.717) is 24.5 Å². The number of carbonyl (C=O) groups excluding carboxylic acids is 1. The minimum atomic E-state index is -3.64. The molecule has 0 N–H and O–H groups in total. The van der Waals surface area contributed by atoms with Crippen LogP contribution in [0.4, 0.5) is 0 Å². The Hall–Kier alpha value is -2.23. The van der Waals surface area contributed by atoms with Crippen LogP contribution in [0.3, 0.4) is 0 Å². The van der Waals surface area contributed by atoms with Gasteiger partial charge in [-0.05, 0) is 45.0 Å². The van der Waals surface area contributed by atoms with Crippen molar-refractivity contribution in [3.63, 3.8) is 0 Å². The predicted octanol–water partition coefficient (Wildman–Crippen LogP) is 2.14. The number of sulfonamides is 1. The largest absolute Gasteiger partial charge is 0.455 e. The summed E-state index contributed by atoms with van der Waals surface area (Å²) in [5, 5.41) is 3.74. The van der Waals surface area contributed by atoms with Gasteiger partial charge in [-0.1, -0.05) is 5.16 Å². The Morgan fingerprint density at radius 1 is 1.22 bits per heavy atom. The molecule has 3 rings (SSSR count). The van der Waals surface area contributed by atoms with Crippen molar-refractivity contribution < 1.29 is 27.2 Å². The molecule has 2 aromatic rings. The van der Waals surface area contributed by atoms with Gasteiger partial charge in [0.05, 0.1) is 22.7 Å². The molecule has 1 aromatic heterocycles. The van der Waals surface area contributed by atoms with Crippen LogP contribution < -0.4 is 0 Å². The van der Waals surface area contributed by atoms with E-state index < -0.39 is 16.0 Å². The quantitative estimate of drug-likeness (QED) is 0.716. The Balaban J connectivity index is 1.67. The lowest BCUT2D eigenvalue weighted by molar-refractivity contribution is -0.0440. The summed E-state index contributed by atoms with van der Waals surface area (Å²) in [7, 11) is -3.64. The maximum absolute atomic E-state index is 12.8. The molecule has 1 aliphatic rings. The third-order valence-corrected chi connectivity index (χ3v) is 5.99. The minimum Gasteiger partial charge on any atom is -0.455 e. The van der Waals surface area contributed by atoms with E-state index in [4.69, 9.17) is 14.0 Å². The van der Waals surface area contributed by atoms with Crippen molar-refractivity contribution in [3.8, 4) is 0 Å². The predicted molar refractivity (Wildman–Crippen MR) is 95.6 cm³/mol. The Morgan fingerprint density at radius 2 is 1.85 bits per heavy atom. The first-order valence-corrected chi connectivity index (χ1v) is 10.0. The van der Waals surface area contributed by atoms with Gasteiger partial charge in [0.1, 0.15) is 18.1 Å². The summed E-state index contributed by atoms with van der Waals surface area (Å²) in [5.74, 6) is 0.0653. The second-order valence-corrected chi connectivity index (χ2v) is 8.55. The Morgan fingerprint density at radius 3 is 2.41 bits per heavy atom. The summed E-state index contributed by atoms with van der Waals surface area (Å²) in [6.07, 6.45) is -0.337. The van der Waals surface area contributed by atoms with Gasteiger partial charge in [-0.3, -0.25) is 0 Å². The van der Waals surface area contributed by atoms with Crippen molar-refractivity contribution in [1.29, 1.82) is 0 Å². The van der Waals surface area contributed by atoms with Gasteiger partial charge < -0.3 is 14.0 Å². The molecule has 1 aliphatic heterocycles. The van der Waals surface area contributed by atoms with E-state index in [1.165, 1.54) is 28.6 Å². The average molecular weight is 394 g/mol. The number of morpholine rings is 1. The number of benzene rings is 1. The van der Waals surface area contributed by atoms with E-state index in [2.05, 4.69) is 5.16 Å². The number of ether oxygens (including phenoxy) is 2. The van der Waals surface area contributed by atoms with Gasteiger partial charge in [0.2, 0.25) is 10.0 Å². The molecule has 0 aliphatic carbocycles. The fourth-order valence-electron chi connectivity index (χ4n) is 2.95. The molecular formula is C18H22N2O6S. The highest BCUT2D eigenvalue weighted by Gasteiger charge is 2.32. The SMILES string of the molecule is Cc1cc(COC(=O)c2ccc(S(=O)(=O)N3C[C@H](C)O[C@@H](C)C3)cc2)no1. The molecule has 0 unspecified atom stereocenters. The Bertz CT molecular complexity index is 896. The zero-order chi connectivity index (χ0) is 19.6. The Kier molecular flexibility index (Phi) is 5.64. The lowest BCUT2D eigenvalue weighted by Gasteiger charge is -2.34. The van der Waals surface area contributed by atoms with Crippen molar-refractivity contribution in [3.05, 3.63) is 47.3 Å². The molecule has 1 saturated heterocycles. The molecule has 27 heavy (non-hydrogen) atoms. The van der Waals surface area contributed by atoms with Gasteiger partial charge in [0.25, 0.3) is 0 Å². The van der Waals surface area contributed by atoms with Crippen molar-refractivity contribution in [2.45, 2.75) is 44.5 Å². The van der Waals surface area contributed by atoms with E-state index >= 15 is 0 Å². The fourth-order valence-corrected chi connectivity index (χ4v) is 4.54. The van der Waals surface area contributed by atoms with Gasteiger partial charge in [-0.2, -0.15) is 4.31 Å². The molecular weight excluding hydrogens is 372 g/mol. The molecule has 0 bridgehead atoms. The third kappa shape index (κ3) is 4.55. The molecule has 0 amide bonds. The third-order valence-electron chi connectivity index (χ3n) is 4.14. The number of aryl methyl sites for hydroxylation is 1. The molecule has 8 nitrogen and oxygen atoms in total. The lowest BCUT2D eigenvalue weighted by atomic mass is 10.2. The summed E-state index contributed by atoms with van der Waals surface area (Å²) in [6.45, 7) is 6.01. The topological polar surface area (TPSA) is 98.9 Å². The standard InChI is InChI=1S/C18H22N2O6S/c1-12-8-16(19-26-12)11-24-18(21)15-4-6-17(7-5-15)27(22,23)20-9-13(2)25-14(3)10-20/h4-8,13-14H,9-11H2,1-3H3/t13-,14-/m0/s1. The van der Waals surface area contributed by atoms with Gasteiger partial charge >= 0.3 is 5.97 Å². The molecule has 2 heterocycles. The summed E-state index contributed by atoms with van der Waals surface area (Å²) < 4.78 is 42.7. The number of aromatic nitrogens is 1. The molecule has 146 valence electrons. The van der Waals surface area contributed by atoms with Crippen molar-refractivity contribution in [2.24, 2.45) is 0 Å². The number of esters is 1. The van der Waals surface area contributed by atoms with Crippen LogP contribution in [0, 0.1) is 6.92 Å². The van der Waals surface area contributed by atoms with E-state index in [-0.39, 0.29) is 29.3 Å². The maximum Gasteiger partial charge on any atom is 0.338 e. The fraction of sp³-hybridized carbons (Fsp3) is 0.444. The molecule has 0 radical (unpaired) electrons. The molecule has 9 heteroatoms. The van der Waals surface area contributed by atoms with E-state index in [9.17, 15) is 13.2 Å². The first-order valence-electron chi connectivity index (χ1n) is 8.60. The number of rotatable bonds is 5. The first-order chi connectivity index (χ1) is 12.8. The molecule has 0 saturated carbocycles. The van der Waals surface area contributed by atoms with Crippen LogP contribution in [-0.2, 0) is 26.1 Å². The van der Waals surface area contributed by atoms with Crippen LogP contribution >= 0.6 is 0 Å². The van der Waals surface area contributed by atoms with Gasteiger partial charge in [-0.15, -0.1) is 0 Å². The van der Waals surface area contributed by atoms with Crippen LogP contribution in [0.15, 0.2) is 39.8 Å². The second-order valence-electron chi connectivity index (χ2n) is 6.61. The number of hydrogen-bond donors (Lipinski definition) is 0. The molecule has 1 fully saturated rings. The van der Waals surface area contributed by atoms with Gasteiger partial charge in [0, 0.05) is 19.2 Å². The monoisotopic (exact) mass is 394 g/mol. The normalized spacial score (nSPS) is 21.1. The first kappa shape index (κ1) is 19.5. The smallest absolute Gasteiger partial charge is 0.338 e. The summed E-state index contributed by atoms with van der Waals surface area (Å²) in [6, 6.07) is 7.38. The van der Waals surface area contributed by atoms with Gasteiger partial charge in [-0.25, -0.2) is 13.2 Å². The highest BCUT2D eigenvalue weighted by Crippen LogP contribution is 2.21. The second kappa shape index (κ2) is 7.79. The molecule has 0 spiro atoms. The highest BCUT2D eigenvalue weighted by molar-refractivity contribution is 7.89. The van der Waals surface area contributed by atoms with E-state index in [0.717, 1.165) is 0 Å². The highest BCUT2D eigenvalue weighted by atomic mass is 32.2. The van der Waals surface area contributed by atoms with Crippen LogP contribution in [0.5, 0.6) is 0 Å². The number of nitrogens with zero attached hydrogens (tertiary/aromatic N) is 2. The lowest BCUT2D eigenvalue weighted by Crippen LogP contribution is -2.48. The van der Waals surface area contributed by atoms with Crippen LogP contribution in [0.1, 0.15) is 35.7 Å². The zero-order valence-electron chi connectivity index (χ0n) is 15.4. The summed E-state index contributed by atoms with van der Waals surface area (Å²) >= 11 is 0. The number of hydrogen-bond acceptors (Lipinski definition) is 7. The van der Waals surface area contributed by atoms with Crippen LogP contribution in [0.25, 0.3) is 0 Å². The summed E-state index contributed by atoms with van der Waals surface area (Å²) in [4.78, 5) is 12.2. The molecule has 2 atom stereocenters. The summed E-state index contributed by atoms with van der Waals surface area (Å²) in [5.41, 5.74) is 0.772.